The summed E-state index contributed by atoms with van der Waals surface area (Å²) in [7, 11) is 0. The van der Waals surface area contributed by atoms with Crippen molar-refractivity contribution in [1.82, 2.24) is 5.32 Å². The summed E-state index contributed by atoms with van der Waals surface area (Å²) >= 11 is 0. The van der Waals surface area contributed by atoms with E-state index in [1.165, 1.54) is 32.1 Å². The van der Waals surface area contributed by atoms with Gasteiger partial charge in [0.05, 0.1) is 6.07 Å². The monoisotopic (exact) mass is 164 g/mol. The molecule has 0 aromatic carbocycles. The molecule has 12 heavy (non-hydrogen) atoms. The van der Waals surface area contributed by atoms with Crippen LogP contribution in [0.4, 0.5) is 0 Å². The van der Waals surface area contributed by atoms with Gasteiger partial charge >= 0.3 is 0 Å². The maximum absolute atomic E-state index is 8.40. The lowest BCUT2D eigenvalue weighted by Gasteiger charge is -2.23. The second-order valence-electron chi connectivity index (χ2n) is 3.44. The van der Waals surface area contributed by atoms with Crippen LogP contribution >= 0.6 is 0 Å². The summed E-state index contributed by atoms with van der Waals surface area (Å²) in [4.78, 5) is 0. The van der Waals surface area contributed by atoms with E-state index in [4.69, 9.17) is 5.26 Å². The Morgan fingerprint density at radius 1 is 1.42 bits per heavy atom. The second-order valence-corrected chi connectivity index (χ2v) is 3.44. The number of rotatable bonds is 2. The summed E-state index contributed by atoms with van der Waals surface area (Å²) in [5.41, 5.74) is 1.00. The van der Waals surface area contributed by atoms with Crippen LogP contribution < -0.4 is 5.32 Å². The van der Waals surface area contributed by atoms with Crippen molar-refractivity contribution in [3.63, 3.8) is 0 Å². The first-order valence-electron chi connectivity index (χ1n) is 4.66. The lowest BCUT2D eigenvalue weighted by molar-refractivity contribution is 0.397. The van der Waals surface area contributed by atoms with E-state index in [2.05, 4.69) is 5.32 Å². The van der Waals surface area contributed by atoms with Crippen LogP contribution in [0.3, 0.4) is 0 Å². The van der Waals surface area contributed by atoms with E-state index in [1.807, 2.05) is 13.0 Å². The van der Waals surface area contributed by atoms with Gasteiger partial charge in [0.15, 0.2) is 0 Å². The second kappa shape index (κ2) is 4.82. The van der Waals surface area contributed by atoms with Gasteiger partial charge in [-0.25, -0.2) is 0 Å². The van der Waals surface area contributed by atoms with Crippen LogP contribution in [0, 0.1) is 11.3 Å². The Balaban J connectivity index is 2.30. The van der Waals surface area contributed by atoms with Crippen LogP contribution in [0.1, 0.15) is 39.0 Å². The normalized spacial score (nSPS) is 20.2. The summed E-state index contributed by atoms with van der Waals surface area (Å²) in [5, 5.41) is 11.8. The van der Waals surface area contributed by atoms with Gasteiger partial charge in [0, 0.05) is 17.8 Å². The fourth-order valence-corrected chi connectivity index (χ4v) is 1.71. The van der Waals surface area contributed by atoms with Crippen LogP contribution in [0.2, 0.25) is 0 Å². The highest BCUT2D eigenvalue weighted by Gasteiger charge is 2.11. The third-order valence-electron chi connectivity index (χ3n) is 2.32. The Hall–Kier alpha value is -0.970. The van der Waals surface area contributed by atoms with Gasteiger partial charge in [-0.05, 0) is 19.8 Å². The van der Waals surface area contributed by atoms with Gasteiger partial charge in [0.1, 0.15) is 0 Å². The van der Waals surface area contributed by atoms with E-state index in [9.17, 15) is 0 Å². The highest BCUT2D eigenvalue weighted by atomic mass is 14.9. The highest BCUT2D eigenvalue weighted by Crippen LogP contribution is 2.17. The molecular formula is C10H16N2. The molecule has 0 radical (unpaired) electrons. The molecule has 1 saturated carbocycles. The van der Waals surface area contributed by atoms with Crippen LogP contribution in [-0.2, 0) is 0 Å². The molecule has 1 N–H and O–H groups in total. The zero-order chi connectivity index (χ0) is 8.81. The minimum atomic E-state index is 0.614. The molecule has 0 saturated heterocycles. The minimum Gasteiger partial charge on any atom is -0.385 e. The van der Waals surface area contributed by atoms with E-state index >= 15 is 0 Å². The molecular weight excluding hydrogens is 148 g/mol. The molecule has 0 unspecified atom stereocenters. The summed E-state index contributed by atoms with van der Waals surface area (Å²) in [5.74, 6) is 0. The SMILES string of the molecule is C/C(=C\C#N)NC1CCCCC1. The predicted molar refractivity (Wildman–Crippen MR) is 49.4 cm³/mol. The molecule has 1 aliphatic rings. The molecule has 2 heteroatoms. The van der Waals surface area contributed by atoms with Crippen molar-refractivity contribution in [1.29, 1.82) is 5.26 Å². The standard InChI is InChI=1S/C10H16N2/c1-9(7-8-11)12-10-5-3-2-4-6-10/h7,10,12H,2-6H2,1H3/b9-7+. The fraction of sp³-hybridized carbons (Fsp3) is 0.700. The first kappa shape index (κ1) is 9.12. The number of hydrogen-bond donors (Lipinski definition) is 1. The van der Waals surface area contributed by atoms with Gasteiger partial charge in [-0.1, -0.05) is 19.3 Å². The third kappa shape index (κ3) is 2.96. The summed E-state index contributed by atoms with van der Waals surface area (Å²) in [6.07, 6.45) is 8.13. The molecule has 2 nitrogen and oxygen atoms in total. The number of allylic oxidation sites excluding steroid dienone is 2. The highest BCUT2D eigenvalue weighted by molar-refractivity contribution is 5.10. The minimum absolute atomic E-state index is 0.614. The van der Waals surface area contributed by atoms with Crippen molar-refractivity contribution in [2.45, 2.75) is 45.1 Å². The zero-order valence-corrected chi connectivity index (χ0v) is 7.64. The van der Waals surface area contributed by atoms with E-state index in [0.29, 0.717) is 6.04 Å². The molecule has 0 bridgehead atoms. The number of nitrogens with one attached hydrogen (secondary N) is 1. The third-order valence-corrected chi connectivity index (χ3v) is 2.32. The molecule has 1 rings (SSSR count). The van der Waals surface area contributed by atoms with Crippen molar-refractivity contribution >= 4 is 0 Å². The van der Waals surface area contributed by atoms with Crippen molar-refractivity contribution in [2.24, 2.45) is 0 Å². The topological polar surface area (TPSA) is 35.8 Å². The molecule has 0 amide bonds. The number of nitrogens with zero attached hydrogens (tertiary/aromatic N) is 1. The molecule has 0 aromatic heterocycles. The van der Waals surface area contributed by atoms with Gasteiger partial charge < -0.3 is 5.32 Å². The Morgan fingerprint density at radius 2 is 2.08 bits per heavy atom. The first-order chi connectivity index (χ1) is 5.83. The number of nitriles is 1. The van der Waals surface area contributed by atoms with E-state index < -0.39 is 0 Å². The van der Waals surface area contributed by atoms with E-state index in [1.54, 1.807) is 6.08 Å². The Kier molecular flexibility index (Phi) is 3.66. The average molecular weight is 164 g/mol. The zero-order valence-electron chi connectivity index (χ0n) is 7.64. The van der Waals surface area contributed by atoms with Crippen molar-refractivity contribution in [2.75, 3.05) is 0 Å². The molecule has 0 aliphatic heterocycles. The molecule has 66 valence electrons. The Labute approximate surface area is 74.3 Å². The van der Waals surface area contributed by atoms with Gasteiger partial charge in [0.25, 0.3) is 0 Å². The smallest absolute Gasteiger partial charge is 0.0930 e. The maximum atomic E-state index is 8.40. The molecule has 0 atom stereocenters. The molecule has 1 aliphatic carbocycles. The lowest BCUT2D eigenvalue weighted by atomic mass is 9.95. The van der Waals surface area contributed by atoms with Crippen LogP contribution in [0.15, 0.2) is 11.8 Å². The van der Waals surface area contributed by atoms with Crippen molar-refractivity contribution in [3.05, 3.63) is 11.8 Å². The van der Waals surface area contributed by atoms with Crippen LogP contribution in [-0.4, -0.2) is 6.04 Å². The predicted octanol–water partition coefficient (Wildman–Crippen LogP) is 2.34. The summed E-state index contributed by atoms with van der Waals surface area (Å²) < 4.78 is 0. The van der Waals surface area contributed by atoms with Crippen molar-refractivity contribution in [3.8, 4) is 6.07 Å². The van der Waals surface area contributed by atoms with Gasteiger partial charge in [-0.2, -0.15) is 5.26 Å². The largest absolute Gasteiger partial charge is 0.385 e. The summed E-state index contributed by atoms with van der Waals surface area (Å²) in [6, 6.07) is 2.65. The number of hydrogen-bond acceptors (Lipinski definition) is 2. The Morgan fingerprint density at radius 3 is 2.67 bits per heavy atom. The van der Waals surface area contributed by atoms with Crippen LogP contribution in [0.25, 0.3) is 0 Å². The van der Waals surface area contributed by atoms with Gasteiger partial charge in [0.2, 0.25) is 0 Å². The van der Waals surface area contributed by atoms with E-state index in [-0.39, 0.29) is 0 Å². The Bertz CT molecular complexity index is 194. The molecule has 0 heterocycles. The molecule has 0 aromatic rings. The fourth-order valence-electron chi connectivity index (χ4n) is 1.71. The van der Waals surface area contributed by atoms with Gasteiger partial charge in [-0.15, -0.1) is 0 Å². The maximum Gasteiger partial charge on any atom is 0.0930 e. The molecule has 1 fully saturated rings. The quantitative estimate of drug-likeness (QED) is 0.636. The average Bonchev–Trinajstić information content (AvgIpc) is 2.06. The molecule has 0 spiro atoms. The first-order valence-corrected chi connectivity index (χ1v) is 4.66. The van der Waals surface area contributed by atoms with Crippen LogP contribution in [0.5, 0.6) is 0 Å². The van der Waals surface area contributed by atoms with E-state index in [0.717, 1.165) is 5.70 Å². The lowest BCUT2D eigenvalue weighted by Crippen LogP contribution is -2.29. The summed E-state index contributed by atoms with van der Waals surface area (Å²) in [6.45, 7) is 1.96. The van der Waals surface area contributed by atoms with Gasteiger partial charge in [-0.3, -0.25) is 0 Å². The van der Waals surface area contributed by atoms with Crippen molar-refractivity contribution < 1.29 is 0 Å².